The molecule has 1 aliphatic rings. The summed E-state index contributed by atoms with van der Waals surface area (Å²) >= 11 is 1.67. The molecule has 102 valence electrons. The van der Waals surface area contributed by atoms with Gasteiger partial charge in [-0.25, -0.2) is 0 Å². The van der Waals surface area contributed by atoms with E-state index in [1.807, 2.05) is 0 Å². The van der Waals surface area contributed by atoms with Gasteiger partial charge >= 0.3 is 0 Å². The fourth-order valence-corrected chi connectivity index (χ4v) is 2.31. The van der Waals surface area contributed by atoms with E-state index in [0.29, 0.717) is 18.2 Å². The van der Waals surface area contributed by atoms with Gasteiger partial charge in [0.15, 0.2) is 0 Å². The van der Waals surface area contributed by atoms with Crippen molar-refractivity contribution < 1.29 is 4.79 Å². The number of nitrogens with two attached hydrogens (primary N) is 1. The van der Waals surface area contributed by atoms with Crippen LogP contribution in [0.1, 0.15) is 40.5 Å². The highest BCUT2D eigenvalue weighted by atomic mass is 35.5. The zero-order valence-electron chi connectivity index (χ0n) is 11.2. The molecule has 1 saturated carbocycles. The highest BCUT2D eigenvalue weighted by molar-refractivity contribution is 8.01. The van der Waals surface area contributed by atoms with Crippen molar-refractivity contribution in [2.45, 2.75) is 50.8 Å². The fourth-order valence-electron chi connectivity index (χ4n) is 1.68. The average molecular weight is 281 g/mol. The summed E-state index contributed by atoms with van der Waals surface area (Å²) in [6.07, 6.45) is 2.39. The minimum absolute atomic E-state index is 0. The van der Waals surface area contributed by atoms with E-state index in [1.165, 1.54) is 12.8 Å². The first kappa shape index (κ1) is 17.1. The van der Waals surface area contributed by atoms with Gasteiger partial charge in [-0.2, -0.15) is 0 Å². The first-order valence-electron chi connectivity index (χ1n) is 5.92. The zero-order chi connectivity index (χ0) is 12.4. The monoisotopic (exact) mass is 280 g/mol. The predicted molar refractivity (Wildman–Crippen MR) is 77.8 cm³/mol. The Morgan fingerprint density at radius 2 is 1.88 bits per heavy atom. The fraction of sp³-hybridized carbons (Fsp3) is 0.917. The largest absolute Gasteiger partial charge is 0.349 e. The summed E-state index contributed by atoms with van der Waals surface area (Å²) in [7, 11) is 0. The molecule has 1 amide bonds. The lowest BCUT2D eigenvalue weighted by molar-refractivity contribution is -0.120. The van der Waals surface area contributed by atoms with E-state index in [0.717, 1.165) is 0 Å². The van der Waals surface area contributed by atoms with Crippen LogP contribution in [0.4, 0.5) is 0 Å². The van der Waals surface area contributed by atoms with Crippen LogP contribution in [0.2, 0.25) is 0 Å². The molecule has 1 unspecified atom stereocenters. The van der Waals surface area contributed by atoms with Gasteiger partial charge in [-0.05, 0) is 25.7 Å². The Bertz CT molecular complexity index is 264. The molecule has 0 saturated heterocycles. The summed E-state index contributed by atoms with van der Waals surface area (Å²) in [5, 5.41) is 3.09. The molecule has 3 N–H and O–H groups in total. The number of thioether (sulfide) groups is 1. The van der Waals surface area contributed by atoms with E-state index in [9.17, 15) is 4.79 Å². The van der Waals surface area contributed by atoms with Crippen LogP contribution in [0.15, 0.2) is 0 Å². The van der Waals surface area contributed by atoms with E-state index in [4.69, 9.17) is 5.73 Å². The lowest BCUT2D eigenvalue weighted by Crippen LogP contribution is -2.53. The number of nitrogens with one attached hydrogen (secondary N) is 1. The van der Waals surface area contributed by atoms with Crippen LogP contribution < -0.4 is 11.1 Å². The Balaban J connectivity index is 0.00000256. The third-order valence-corrected chi connectivity index (χ3v) is 4.24. The van der Waals surface area contributed by atoms with Gasteiger partial charge in [0, 0.05) is 11.3 Å². The van der Waals surface area contributed by atoms with Crippen molar-refractivity contribution in [2.24, 2.45) is 11.7 Å². The molecule has 0 radical (unpaired) electrons. The van der Waals surface area contributed by atoms with Crippen LogP contribution >= 0.6 is 24.2 Å². The molecule has 0 aliphatic heterocycles. The molecule has 0 bridgehead atoms. The van der Waals surface area contributed by atoms with Crippen molar-refractivity contribution in [3.8, 4) is 0 Å². The average Bonchev–Trinajstić information content (AvgIpc) is 2.96. The van der Waals surface area contributed by atoms with Gasteiger partial charge in [0.25, 0.3) is 0 Å². The number of hydrogen-bond donors (Lipinski definition) is 2. The van der Waals surface area contributed by atoms with Crippen LogP contribution in [0.5, 0.6) is 0 Å². The molecule has 0 aromatic heterocycles. The van der Waals surface area contributed by atoms with E-state index in [2.05, 4.69) is 33.0 Å². The van der Waals surface area contributed by atoms with E-state index < -0.39 is 0 Å². The van der Waals surface area contributed by atoms with Gasteiger partial charge in [0.2, 0.25) is 5.91 Å². The summed E-state index contributed by atoms with van der Waals surface area (Å²) < 4.78 is 0.135. The maximum atomic E-state index is 11.8. The SMILES string of the molecule is CC(C)(C)SCC(=O)NC(C)(CN)C1CC1.Cl. The molecule has 3 nitrogen and oxygen atoms in total. The van der Waals surface area contributed by atoms with Crippen LogP contribution in [-0.4, -0.2) is 28.5 Å². The lowest BCUT2D eigenvalue weighted by atomic mass is 9.96. The van der Waals surface area contributed by atoms with Gasteiger partial charge in [-0.15, -0.1) is 24.2 Å². The Morgan fingerprint density at radius 3 is 2.24 bits per heavy atom. The molecule has 1 fully saturated rings. The Labute approximate surface area is 115 Å². The summed E-state index contributed by atoms with van der Waals surface area (Å²) in [6.45, 7) is 8.95. The highest BCUT2D eigenvalue weighted by Gasteiger charge is 2.41. The molecule has 17 heavy (non-hydrogen) atoms. The Kier molecular flexibility index (Phi) is 6.33. The summed E-state index contributed by atoms with van der Waals surface area (Å²) in [4.78, 5) is 11.8. The van der Waals surface area contributed by atoms with Crippen molar-refractivity contribution >= 4 is 30.1 Å². The molecule has 0 heterocycles. The normalized spacial score (nSPS) is 19.1. The maximum absolute atomic E-state index is 11.8. The Hall–Kier alpha value is 0.0700. The second-order valence-corrected chi connectivity index (χ2v) is 7.65. The van der Waals surface area contributed by atoms with Gasteiger partial charge in [0.1, 0.15) is 0 Å². The van der Waals surface area contributed by atoms with E-state index in [-0.39, 0.29) is 28.6 Å². The zero-order valence-corrected chi connectivity index (χ0v) is 12.8. The van der Waals surface area contributed by atoms with Crippen molar-refractivity contribution in [3.05, 3.63) is 0 Å². The van der Waals surface area contributed by atoms with Gasteiger partial charge < -0.3 is 11.1 Å². The minimum atomic E-state index is -0.185. The van der Waals surface area contributed by atoms with Crippen molar-refractivity contribution in [3.63, 3.8) is 0 Å². The third kappa shape index (κ3) is 5.98. The topological polar surface area (TPSA) is 55.1 Å². The number of amides is 1. The molecule has 1 aliphatic carbocycles. The second kappa shape index (κ2) is 6.30. The van der Waals surface area contributed by atoms with Crippen LogP contribution in [-0.2, 0) is 4.79 Å². The minimum Gasteiger partial charge on any atom is -0.349 e. The first-order valence-corrected chi connectivity index (χ1v) is 6.90. The standard InChI is InChI=1S/C12H24N2OS.ClH/c1-11(2,3)16-7-10(15)14-12(4,8-13)9-5-6-9;/h9H,5-8,13H2,1-4H3,(H,14,15);1H. The van der Waals surface area contributed by atoms with Crippen molar-refractivity contribution in [1.82, 2.24) is 5.32 Å². The number of rotatable bonds is 5. The van der Waals surface area contributed by atoms with Gasteiger partial charge in [0.05, 0.1) is 11.3 Å². The first-order chi connectivity index (χ1) is 7.27. The number of carbonyl (C=O) groups is 1. The van der Waals surface area contributed by atoms with E-state index >= 15 is 0 Å². The maximum Gasteiger partial charge on any atom is 0.230 e. The van der Waals surface area contributed by atoms with Crippen LogP contribution in [0, 0.1) is 5.92 Å². The molecule has 0 aromatic carbocycles. The highest BCUT2D eigenvalue weighted by Crippen LogP contribution is 2.39. The molecule has 5 heteroatoms. The number of halogens is 1. The Morgan fingerprint density at radius 1 is 1.35 bits per heavy atom. The van der Waals surface area contributed by atoms with Gasteiger partial charge in [-0.1, -0.05) is 20.8 Å². The second-order valence-electron chi connectivity index (χ2n) is 5.85. The lowest BCUT2D eigenvalue weighted by Gasteiger charge is -2.30. The number of hydrogen-bond acceptors (Lipinski definition) is 3. The smallest absolute Gasteiger partial charge is 0.230 e. The van der Waals surface area contributed by atoms with Crippen molar-refractivity contribution in [1.29, 1.82) is 0 Å². The molecule has 0 spiro atoms. The quantitative estimate of drug-likeness (QED) is 0.812. The summed E-state index contributed by atoms with van der Waals surface area (Å²) in [5.41, 5.74) is 5.57. The van der Waals surface area contributed by atoms with E-state index in [1.54, 1.807) is 11.8 Å². The van der Waals surface area contributed by atoms with Gasteiger partial charge in [-0.3, -0.25) is 4.79 Å². The molecular weight excluding hydrogens is 256 g/mol. The summed E-state index contributed by atoms with van der Waals surface area (Å²) in [6, 6.07) is 0. The summed E-state index contributed by atoms with van der Waals surface area (Å²) in [5.74, 6) is 1.21. The predicted octanol–water partition coefficient (Wildman–Crippen LogP) is 2.18. The number of carbonyl (C=O) groups excluding carboxylic acids is 1. The molecule has 1 atom stereocenters. The molecule has 0 aromatic rings. The van der Waals surface area contributed by atoms with Crippen molar-refractivity contribution in [2.75, 3.05) is 12.3 Å². The van der Waals surface area contributed by atoms with Crippen LogP contribution in [0.3, 0.4) is 0 Å². The molecular formula is C12H25ClN2OS. The molecule has 1 rings (SSSR count). The third-order valence-electron chi connectivity index (χ3n) is 2.96. The van der Waals surface area contributed by atoms with Crippen LogP contribution in [0.25, 0.3) is 0 Å².